The van der Waals surface area contributed by atoms with Gasteiger partial charge in [-0.1, -0.05) is 0 Å². The highest BCUT2D eigenvalue weighted by atomic mass is 16.3. The second kappa shape index (κ2) is 6.34. The van der Waals surface area contributed by atoms with Crippen LogP contribution in [-0.2, 0) is 11.2 Å². The Morgan fingerprint density at radius 3 is 3.00 bits per heavy atom. The number of nitrogens with zero attached hydrogens (tertiary/aromatic N) is 4. The van der Waals surface area contributed by atoms with E-state index >= 15 is 0 Å². The fourth-order valence-corrected chi connectivity index (χ4v) is 3.11. The zero-order valence-electron chi connectivity index (χ0n) is 13.2. The average molecular weight is 302 g/mol. The number of furan rings is 1. The number of likely N-dealkylation sites (tertiary alicyclic amines) is 1. The summed E-state index contributed by atoms with van der Waals surface area (Å²) in [5.74, 6) is 2.77. The van der Waals surface area contributed by atoms with E-state index in [-0.39, 0.29) is 11.9 Å². The van der Waals surface area contributed by atoms with Gasteiger partial charge in [0.1, 0.15) is 17.4 Å². The molecule has 1 saturated heterocycles. The summed E-state index contributed by atoms with van der Waals surface area (Å²) in [6.07, 6.45) is 4.86. The molecule has 1 aliphatic heterocycles. The first kappa shape index (κ1) is 14.8. The number of hydrogen-bond donors (Lipinski definition) is 0. The summed E-state index contributed by atoms with van der Waals surface area (Å²) in [5, 5.41) is 4.47. The van der Waals surface area contributed by atoms with Crippen molar-refractivity contribution in [1.29, 1.82) is 0 Å². The van der Waals surface area contributed by atoms with Crippen LogP contribution in [0.3, 0.4) is 0 Å². The number of carbonyl (C=O) groups excluding carboxylic acids is 1. The molecule has 6 nitrogen and oxygen atoms in total. The first-order chi connectivity index (χ1) is 10.6. The smallest absolute Gasteiger partial charge is 0.223 e. The van der Waals surface area contributed by atoms with Gasteiger partial charge in [0.2, 0.25) is 5.91 Å². The molecular weight excluding hydrogens is 280 g/mol. The molecule has 0 saturated carbocycles. The minimum atomic E-state index is 0.190. The maximum Gasteiger partial charge on any atom is 0.223 e. The molecule has 0 spiro atoms. The van der Waals surface area contributed by atoms with Crippen molar-refractivity contribution in [3.63, 3.8) is 0 Å². The van der Waals surface area contributed by atoms with Crippen molar-refractivity contribution in [2.75, 3.05) is 13.1 Å². The van der Waals surface area contributed by atoms with E-state index in [1.807, 2.05) is 35.6 Å². The first-order valence-corrected chi connectivity index (χ1v) is 7.83. The number of rotatable bonds is 4. The number of aromatic nitrogens is 3. The molecule has 118 valence electrons. The summed E-state index contributed by atoms with van der Waals surface area (Å²) >= 11 is 0. The summed E-state index contributed by atoms with van der Waals surface area (Å²) in [6, 6.07) is 4.00. The van der Waals surface area contributed by atoms with E-state index in [9.17, 15) is 4.79 Å². The molecule has 3 heterocycles. The summed E-state index contributed by atoms with van der Waals surface area (Å²) in [4.78, 5) is 18.7. The van der Waals surface area contributed by atoms with Gasteiger partial charge in [0.25, 0.3) is 0 Å². The van der Waals surface area contributed by atoms with E-state index in [1.54, 1.807) is 6.26 Å². The van der Waals surface area contributed by atoms with E-state index in [2.05, 4.69) is 10.1 Å². The lowest BCUT2D eigenvalue weighted by Gasteiger charge is -2.33. The lowest BCUT2D eigenvalue weighted by Crippen LogP contribution is -2.41. The second-order valence-electron chi connectivity index (χ2n) is 5.87. The Bertz CT molecular complexity index is 633. The van der Waals surface area contributed by atoms with Gasteiger partial charge in [0.15, 0.2) is 0 Å². The number of amides is 1. The third-order valence-corrected chi connectivity index (χ3v) is 4.17. The highest BCUT2D eigenvalue weighted by Gasteiger charge is 2.26. The molecule has 1 atom stereocenters. The molecule has 22 heavy (non-hydrogen) atoms. The van der Waals surface area contributed by atoms with E-state index < -0.39 is 0 Å². The molecule has 0 N–H and O–H groups in total. The van der Waals surface area contributed by atoms with Crippen LogP contribution in [0.5, 0.6) is 0 Å². The van der Waals surface area contributed by atoms with Crippen LogP contribution in [0.2, 0.25) is 0 Å². The Hall–Kier alpha value is -2.11. The summed E-state index contributed by atoms with van der Waals surface area (Å²) in [5.41, 5.74) is 0. The molecule has 2 aromatic heterocycles. The minimum Gasteiger partial charge on any atom is -0.469 e. The van der Waals surface area contributed by atoms with Crippen molar-refractivity contribution in [3.8, 4) is 0 Å². The van der Waals surface area contributed by atoms with Gasteiger partial charge in [-0.05, 0) is 38.8 Å². The second-order valence-corrected chi connectivity index (χ2v) is 5.87. The molecule has 1 aliphatic rings. The SMILES string of the molecule is Cc1nc(C)n([C@H]2CCCN(C(=O)CCc3ccco3)C2)n1. The molecule has 1 fully saturated rings. The van der Waals surface area contributed by atoms with Crippen LogP contribution < -0.4 is 0 Å². The van der Waals surface area contributed by atoms with Crippen molar-refractivity contribution < 1.29 is 9.21 Å². The van der Waals surface area contributed by atoms with E-state index in [4.69, 9.17) is 4.42 Å². The lowest BCUT2D eigenvalue weighted by atomic mass is 10.0. The number of carbonyl (C=O) groups is 1. The number of piperidine rings is 1. The van der Waals surface area contributed by atoms with Gasteiger partial charge in [0.05, 0.1) is 12.3 Å². The van der Waals surface area contributed by atoms with Gasteiger partial charge < -0.3 is 9.32 Å². The molecule has 2 aromatic rings. The van der Waals surface area contributed by atoms with Crippen molar-refractivity contribution in [3.05, 3.63) is 35.8 Å². The van der Waals surface area contributed by atoms with E-state index in [1.165, 1.54) is 0 Å². The highest BCUT2D eigenvalue weighted by molar-refractivity contribution is 5.76. The molecule has 0 aromatic carbocycles. The van der Waals surface area contributed by atoms with Crippen molar-refractivity contribution >= 4 is 5.91 Å². The predicted octanol–water partition coefficient (Wildman–Crippen LogP) is 2.28. The Kier molecular flexibility index (Phi) is 4.27. The molecule has 6 heteroatoms. The Balaban J connectivity index is 1.60. The molecule has 0 radical (unpaired) electrons. The third kappa shape index (κ3) is 3.21. The van der Waals surface area contributed by atoms with Crippen LogP contribution in [0.25, 0.3) is 0 Å². The van der Waals surface area contributed by atoms with E-state index in [0.29, 0.717) is 12.8 Å². The highest BCUT2D eigenvalue weighted by Crippen LogP contribution is 2.22. The van der Waals surface area contributed by atoms with Crippen LogP contribution in [-0.4, -0.2) is 38.7 Å². The summed E-state index contributed by atoms with van der Waals surface area (Å²) in [7, 11) is 0. The topological polar surface area (TPSA) is 64.2 Å². The monoisotopic (exact) mass is 302 g/mol. The molecule has 0 unspecified atom stereocenters. The number of aryl methyl sites for hydroxylation is 3. The van der Waals surface area contributed by atoms with Gasteiger partial charge in [-0.15, -0.1) is 0 Å². The minimum absolute atomic E-state index is 0.190. The van der Waals surface area contributed by atoms with Gasteiger partial charge in [-0.2, -0.15) is 5.10 Å². The predicted molar refractivity (Wildman–Crippen MR) is 81.4 cm³/mol. The fourth-order valence-electron chi connectivity index (χ4n) is 3.11. The molecule has 3 rings (SSSR count). The lowest BCUT2D eigenvalue weighted by molar-refractivity contribution is -0.132. The van der Waals surface area contributed by atoms with Gasteiger partial charge in [0, 0.05) is 25.9 Å². The summed E-state index contributed by atoms with van der Waals surface area (Å²) in [6.45, 7) is 5.43. The standard InChI is InChI=1S/C16H22N4O2/c1-12-17-13(2)20(18-12)14-5-3-9-19(11-14)16(21)8-7-15-6-4-10-22-15/h4,6,10,14H,3,5,7-9,11H2,1-2H3/t14-/m0/s1. The molecule has 0 aliphatic carbocycles. The third-order valence-electron chi connectivity index (χ3n) is 4.17. The first-order valence-electron chi connectivity index (χ1n) is 7.83. The Morgan fingerprint density at radius 1 is 1.45 bits per heavy atom. The van der Waals surface area contributed by atoms with Crippen LogP contribution >= 0.6 is 0 Å². The maximum atomic E-state index is 12.4. The van der Waals surface area contributed by atoms with Crippen LogP contribution in [0.15, 0.2) is 22.8 Å². The zero-order valence-corrected chi connectivity index (χ0v) is 13.2. The average Bonchev–Trinajstić information content (AvgIpc) is 3.14. The van der Waals surface area contributed by atoms with Crippen molar-refractivity contribution in [2.45, 2.75) is 45.6 Å². The van der Waals surface area contributed by atoms with Crippen molar-refractivity contribution in [2.24, 2.45) is 0 Å². The van der Waals surface area contributed by atoms with Crippen LogP contribution in [0.4, 0.5) is 0 Å². The quantitative estimate of drug-likeness (QED) is 0.869. The largest absolute Gasteiger partial charge is 0.469 e. The van der Waals surface area contributed by atoms with Gasteiger partial charge in [-0.3, -0.25) is 4.79 Å². The maximum absolute atomic E-state index is 12.4. The summed E-state index contributed by atoms with van der Waals surface area (Å²) < 4.78 is 7.26. The molecule has 1 amide bonds. The fraction of sp³-hybridized carbons (Fsp3) is 0.562. The molecular formula is C16H22N4O2. The van der Waals surface area contributed by atoms with Crippen molar-refractivity contribution in [1.82, 2.24) is 19.7 Å². The van der Waals surface area contributed by atoms with Crippen LogP contribution in [0.1, 0.15) is 42.7 Å². The Labute approximate surface area is 130 Å². The van der Waals surface area contributed by atoms with E-state index in [0.717, 1.165) is 43.3 Å². The van der Waals surface area contributed by atoms with Crippen LogP contribution in [0, 0.1) is 13.8 Å². The Morgan fingerprint density at radius 2 is 2.32 bits per heavy atom. The zero-order chi connectivity index (χ0) is 15.5. The van der Waals surface area contributed by atoms with Gasteiger partial charge in [-0.25, -0.2) is 9.67 Å². The normalized spacial score (nSPS) is 18.6. The molecule has 0 bridgehead atoms. The van der Waals surface area contributed by atoms with Gasteiger partial charge >= 0.3 is 0 Å². The number of hydrogen-bond acceptors (Lipinski definition) is 4.